The Bertz CT molecular complexity index is 819. The average Bonchev–Trinajstić information content (AvgIpc) is 2.96. The Hall–Kier alpha value is -2.70. The summed E-state index contributed by atoms with van der Waals surface area (Å²) < 4.78 is 1.81. The van der Waals surface area contributed by atoms with E-state index >= 15 is 0 Å². The van der Waals surface area contributed by atoms with Gasteiger partial charge in [0.15, 0.2) is 5.65 Å². The van der Waals surface area contributed by atoms with Crippen LogP contribution in [0.4, 0.5) is 11.5 Å². The zero-order valence-electron chi connectivity index (χ0n) is 13.3. The molecule has 0 aromatic carbocycles. The predicted molar refractivity (Wildman–Crippen MR) is 89.7 cm³/mol. The van der Waals surface area contributed by atoms with Gasteiger partial charge in [-0.05, 0) is 19.1 Å². The molecule has 0 N–H and O–H groups in total. The van der Waals surface area contributed by atoms with Crippen molar-refractivity contribution in [3.05, 3.63) is 36.5 Å². The SMILES string of the molecule is Cc1nc(N2CCN(c3ccncc3)CC2)c2cnn(C)c2n1. The van der Waals surface area contributed by atoms with Crippen LogP contribution in [-0.2, 0) is 7.05 Å². The lowest BCUT2D eigenvalue weighted by atomic mass is 10.2. The first-order valence-corrected chi connectivity index (χ1v) is 7.78. The van der Waals surface area contributed by atoms with E-state index in [1.807, 2.05) is 32.6 Å². The van der Waals surface area contributed by atoms with E-state index in [1.54, 1.807) is 4.68 Å². The van der Waals surface area contributed by atoms with E-state index in [2.05, 4.69) is 42.0 Å². The highest BCUT2D eigenvalue weighted by atomic mass is 15.3. The summed E-state index contributed by atoms with van der Waals surface area (Å²) in [5.74, 6) is 1.78. The number of aromatic nitrogens is 5. The van der Waals surface area contributed by atoms with Gasteiger partial charge in [-0.3, -0.25) is 9.67 Å². The van der Waals surface area contributed by atoms with Gasteiger partial charge >= 0.3 is 0 Å². The number of nitrogens with zero attached hydrogens (tertiary/aromatic N) is 7. The van der Waals surface area contributed by atoms with Crippen LogP contribution in [0.15, 0.2) is 30.7 Å². The Labute approximate surface area is 134 Å². The van der Waals surface area contributed by atoms with Crippen molar-refractivity contribution >= 4 is 22.5 Å². The van der Waals surface area contributed by atoms with Gasteiger partial charge in [0.2, 0.25) is 0 Å². The number of anilines is 2. The van der Waals surface area contributed by atoms with Crippen LogP contribution in [0.3, 0.4) is 0 Å². The third kappa shape index (κ3) is 2.48. The maximum atomic E-state index is 4.67. The number of hydrogen-bond donors (Lipinski definition) is 0. The van der Waals surface area contributed by atoms with Gasteiger partial charge in [0.25, 0.3) is 0 Å². The number of hydrogen-bond acceptors (Lipinski definition) is 6. The second kappa shape index (κ2) is 5.49. The van der Waals surface area contributed by atoms with Crippen molar-refractivity contribution in [1.82, 2.24) is 24.7 Å². The van der Waals surface area contributed by atoms with Crippen molar-refractivity contribution in [2.45, 2.75) is 6.92 Å². The molecule has 0 atom stereocenters. The molecule has 4 heterocycles. The fraction of sp³-hybridized carbons (Fsp3) is 0.375. The normalized spacial score (nSPS) is 15.4. The lowest BCUT2D eigenvalue weighted by Crippen LogP contribution is -2.47. The molecule has 7 heteroatoms. The molecule has 4 rings (SSSR count). The minimum atomic E-state index is 0.785. The van der Waals surface area contributed by atoms with E-state index < -0.39 is 0 Å². The summed E-state index contributed by atoms with van der Waals surface area (Å²) in [5, 5.41) is 5.35. The standard InChI is InChI=1S/C16H19N7/c1-12-19-15-14(11-18-21(15)2)16(20-12)23-9-7-22(8-10-23)13-3-5-17-6-4-13/h3-6,11H,7-10H2,1-2H3. The van der Waals surface area contributed by atoms with Crippen LogP contribution in [-0.4, -0.2) is 50.9 Å². The van der Waals surface area contributed by atoms with Crippen molar-refractivity contribution in [3.8, 4) is 0 Å². The highest BCUT2D eigenvalue weighted by Crippen LogP contribution is 2.25. The van der Waals surface area contributed by atoms with Gasteiger partial charge in [0, 0.05) is 51.3 Å². The summed E-state index contributed by atoms with van der Waals surface area (Å²) in [6.45, 7) is 5.73. The van der Waals surface area contributed by atoms with Crippen LogP contribution in [0.5, 0.6) is 0 Å². The molecule has 0 spiro atoms. The van der Waals surface area contributed by atoms with Crippen LogP contribution >= 0.6 is 0 Å². The molecule has 118 valence electrons. The Morgan fingerprint density at radius 3 is 2.39 bits per heavy atom. The number of aryl methyl sites for hydroxylation is 2. The van der Waals surface area contributed by atoms with Crippen LogP contribution in [0.25, 0.3) is 11.0 Å². The van der Waals surface area contributed by atoms with Crippen molar-refractivity contribution in [1.29, 1.82) is 0 Å². The first-order chi connectivity index (χ1) is 11.2. The molecular weight excluding hydrogens is 290 g/mol. The van der Waals surface area contributed by atoms with Crippen LogP contribution < -0.4 is 9.80 Å². The van der Waals surface area contributed by atoms with E-state index in [0.29, 0.717) is 0 Å². The molecule has 1 aliphatic rings. The number of piperazine rings is 1. The molecule has 1 fully saturated rings. The van der Waals surface area contributed by atoms with Crippen molar-refractivity contribution in [2.24, 2.45) is 7.05 Å². The van der Waals surface area contributed by atoms with Crippen LogP contribution in [0.2, 0.25) is 0 Å². The molecule has 7 nitrogen and oxygen atoms in total. The van der Waals surface area contributed by atoms with E-state index in [0.717, 1.165) is 48.9 Å². The molecule has 1 saturated heterocycles. The lowest BCUT2D eigenvalue weighted by Gasteiger charge is -2.36. The van der Waals surface area contributed by atoms with Crippen molar-refractivity contribution in [2.75, 3.05) is 36.0 Å². The predicted octanol–water partition coefficient (Wildman–Crippen LogP) is 1.39. The monoisotopic (exact) mass is 309 g/mol. The minimum Gasteiger partial charge on any atom is -0.368 e. The molecule has 1 aliphatic heterocycles. The van der Waals surface area contributed by atoms with E-state index in [4.69, 9.17) is 0 Å². The van der Waals surface area contributed by atoms with Gasteiger partial charge in [0.1, 0.15) is 11.6 Å². The first-order valence-electron chi connectivity index (χ1n) is 7.78. The fourth-order valence-electron chi connectivity index (χ4n) is 3.09. The lowest BCUT2D eigenvalue weighted by molar-refractivity contribution is 0.647. The van der Waals surface area contributed by atoms with Gasteiger partial charge in [-0.15, -0.1) is 0 Å². The molecule has 0 amide bonds. The highest BCUT2D eigenvalue weighted by molar-refractivity contribution is 5.87. The topological polar surface area (TPSA) is 63.0 Å². The first kappa shape index (κ1) is 13.9. The van der Waals surface area contributed by atoms with Crippen molar-refractivity contribution in [3.63, 3.8) is 0 Å². The molecule has 3 aromatic heterocycles. The van der Waals surface area contributed by atoms with Gasteiger partial charge in [-0.1, -0.05) is 0 Å². The molecule has 23 heavy (non-hydrogen) atoms. The summed E-state index contributed by atoms with van der Waals surface area (Å²) in [4.78, 5) is 18.0. The molecule has 0 bridgehead atoms. The summed E-state index contributed by atoms with van der Waals surface area (Å²) in [7, 11) is 1.92. The number of fused-ring (bicyclic) bond motifs is 1. The number of pyridine rings is 1. The van der Waals surface area contributed by atoms with Gasteiger partial charge in [-0.2, -0.15) is 5.10 Å². The Kier molecular flexibility index (Phi) is 3.33. The summed E-state index contributed by atoms with van der Waals surface area (Å²) >= 11 is 0. The molecular formula is C16H19N7. The smallest absolute Gasteiger partial charge is 0.163 e. The van der Waals surface area contributed by atoms with Crippen LogP contribution in [0.1, 0.15) is 5.82 Å². The van der Waals surface area contributed by atoms with E-state index in [9.17, 15) is 0 Å². The molecule has 0 aliphatic carbocycles. The maximum absolute atomic E-state index is 4.67. The quantitative estimate of drug-likeness (QED) is 0.713. The zero-order valence-corrected chi connectivity index (χ0v) is 13.3. The molecule has 3 aromatic rings. The van der Waals surface area contributed by atoms with Crippen LogP contribution in [0, 0.1) is 6.92 Å². The second-order valence-corrected chi connectivity index (χ2v) is 5.78. The highest BCUT2D eigenvalue weighted by Gasteiger charge is 2.21. The maximum Gasteiger partial charge on any atom is 0.163 e. The zero-order chi connectivity index (χ0) is 15.8. The van der Waals surface area contributed by atoms with Crippen molar-refractivity contribution < 1.29 is 0 Å². The Morgan fingerprint density at radius 2 is 1.65 bits per heavy atom. The third-order valence-corrected chi connectivity index (χ3v) is 4.29. The van der Waals surface area contributed by atoms with Gasteiger partial charge in [0.05, 0.1) is 11.6 Å². The third-order valence-electron chi connectivity index (χ3n) is 4.29. The summed E-state index contributed by atoms with van der Waals surface area (Å²) in [5.41, 5.74) is 2.12. The average molecular weight is 309 g/mol. The summed E-state index contributed by atoms with van der Waals surface area (Å²) in [6, 6.07) is 4.12. The summed E-state index contributed by atoms with van der Waals surface area (Å²) in [6.07, 6.45) is 5.54. The number of rotatable bonds is 2. The molecule has 0 radical (unpaired) electrons. The van der Waals surface area contributed by atoms with E-state index in [-0.39, 0.29) is 0 Å². The van der Waals surface area contributed by atoms with Gasteiger partial charge < -0.3 is 9.80 Å². The van der Waals surface area contributed by atoms with Gasteiger partial charge in [-0.25, -0.2) is 9.97 Å². The van der Waals surface area contributed by atoms with E-state index in [1.165, 1.54) is 5.69 Å². The second-order valence-electron chi connectivity index (χ2n) is 5.78. The molecule has 0 saturated carbocycles. The Morgan fingerprint density at radius 1 is 0.957 bits per heavy atom. The minimum absolute atomic E-state index is 0.785. The fourth-order valence-corrected chi connectivity index (χ4v) is 3.09. The molecule has 0 unspecified atom stereocenters. The largest absolute Gasteiger partial charge is 0.368 e. The Balaban J connectivity index is 1.59.